The number of rotatable bonds is 2. The van der Waals surface area contributed by atoms with Crippen molar-refractivity contribution in [2.24, 2.45) is 0 Å². The van der Waals surface area contributed by atoms with Gasteiger partial charge in [-0.2, -0.15) is 0 Å². The molecule has 0 bridgehead atoms. The highest BCUT2D eigenvalue weighted by atomic mass is 79.9. The molecule has 24 heavy (non-hydrogen) atoms. The van der Waals surface area contributed by atoms with Crippen molar-refractivity contribution < 1.29 is 13.9 Å². The maximum atomic E-state index is 12.1. The van der Waals surface area contributed by atoms with E-state index >= 15 is 0 Å². The number of halogens is 1. The summed E-state index contributed by atoms with van der Waals surface area (Å²) in [5, 5.41) is 0. The van der Waals surface area contributed by atoms with Gasteiger partial charge < -0.3 is 14.1 Å². The summed E-state index contributed by atoms with van der Waals surface area (Å²) in [6.45, 7) is 9.16. The number of fused-ring (bicyclic) bond motifs is 1. The number of ether oxygens (including phenoxy) is 1. The van der Waals surface area contributed by atoms with E-state index < -0.39 is 5.60 Å². The Morgan fingerprint density at radius 3 is 2.67 bits per heavy atom. The molecule has 0 atom stereocenters. The molecule has 0 unspecified atom stereocenters. The van der Waals surface area contributed by atoms with Gasteiger partial charge in [-0.25, -0.2) is 9.78 Å². The SMILES string of the molecule is CC(C)(C)OC(=O)N1CCN(Cc2nc3ccc(Br)cc3o2)CC1. The molecule has 1 aromatic carbocycles. The first-order valence-corrected chi connectivity index (χ1v) is 8.85. The molecular weight excluding hydrogens is 374 g/mol. The number of hydrogen-bond acceptors (Lipinski definition) is 5. The zero-order valence-corrected chi connectivity index (χ0v) is 15.8. The summed E-state index contributed by atoms with van der Waals surface area (Å²) in [5.74, 6) is 0.703. The Kier molecular flexibility index (Phi) is 4.83. The number of carbonyl (C=O) groups excluding carboxylic acids is 1. The Hall–Kier alpha value is -1.60. The maximum absolute atomic E-state index is 12.1. The molecule has 0 saturated carbocycles. The number of hydrogen-bond donors (Lipinski definition) is 0. The predicted octanol–water partition coefficient (Wildman–Crippen LogP) is 3.64. The van der Waals surface area contributed by atoms with Crippen molar-refractivity contribution in [3.05, 3.63) is 28.6 Å². The van der Waals surface area contributed by atoms with E-state index in [1.54, 1.807) is 4.90 Å². The van der Waals surface area contributed by atoms with Crippen LogP contribution in [0.5, 0.6) is 0 Å². The molecule has 1 fully saturated rings. The summed E-state index contributed by atoms with van der Waals surface area (Å²) in [6, 6.07) is 5.81. The van der Waals surface area contributed by atoms with E-state index in [0.29, 0.717) is 25.5 Å². The highest BCUT2D eigenvalue weighted by molar-refractivity contribution is 9.10. The monoisotopic (exact) mass is 395 g/mol. The molecule has 2 heterocycles. The van der Waals surface area contributed by atoms with Crippen LogP contribution in [0.25, 0.3) is 11.1 Å². The van der Waals surface area contributed by atoms with Crippen LogP contribution in [0.15, 0.2) is 27.1 Å². The minimum absolute atomic E-state index is 0.242. The van der Waals surface area contributed by atoms with E-state index in [2.05, 4.69) is 25.8 Å². The standard InChI is InChI=1S/C17H22BrN3O3/c1-17(2,3)24-16(22)21-8-6-20(7-9-21)11-15-19-13-5-4-12(18)10-14(13)23-15/h4-5,10H,6-9,11H2,1-3H3. The van der Waals surface area contributed by atoms with Gasteiger partial charge >= 0.3 is 6.09 Å². The lowest BCUT2D eigenvalue weighted by Crippen LogP contribution is -2.49. The second-order valence-corrected chi connectivity index (χ2v) is 7.88. The molecule has 0 N–H and O–H groups in total. The van der Waals surface area contributed by atoms with E-state index in [9.17, 15) is 4.79 Å². The van der Waals surface area contributed by atoms with E-state index in [1.165, 1.54) is 0 Å². The third-order valence-electron chi connectivity index (χ3n) is 3.78. The Labute approximate surface area is 149 Å². The van der Waals surface area contributed by atoms with Gasteiger partial charge in [-0.1, -0.05) is 15.9 Å². The lowest BCUT2D eigenvalue weighted by molar-refractivity contribution is 0.0133. The number of aromatic nitrogens is 1. The van der Waals surface area contributed by atoms with Gasteiger partial charge in [-0.3, -0.25) is 4.90 Å². The summed E-state index contributed by atoms with van der Waals surface area (Å²) in [5.41, 5.74) is 1.19. The van der Waals surface area contributed by atoms with Crippen molar-refractivity contribution in [1.82, 2.24) is 14.8 Å². The molecule has 6 nitrogen and oxygen atoms in total. The van der Waals surface area contributed by atoms with Crippen molar-refractivity contribution >= 4 is 33.1 Å². The quantitative estimate of drug-likeness (QED) is 0.776. The van der Waals surface area contributed by atoms with Crippen LogP contribution < -0.4 is 0 Å². The van der Waals surface area contributed by atoms with Crippen LogP contribution in [0.2, 0.25) is 0 Å². The fourth-order valence-corrected chi connectivity index (χ4v) is 2.96. The molecule has 130 valence electrons. The molecule has 2 aromatic rings. The van der Waals surface area contributed by atoms with Gasteiger partial charge in [0.1, 0.15) is 11.1 Å². The van der Waals surface area contributed by atoms with E-state index in [4.69, 9.17) is 9.15 Å². The molecule has 1 aliphatic rings. The molecule has 3 rings (SSSR count). The summed E-state index contributed by atoms with van der Waals surface area (Å²) in [6.07, 6.45) is -0.242. The van der Waals surface area contributed by atoms with Crippen LogP contribution in [0.1, 0.15) is 26.7 Å². The van der Waals surface area contributed by atoms with Crippen LogP contribution in [-0.2, 0) is 11.3 Å². The van der Waals surface area contributed by atoms with Crippen LogP contribution in [0, 0.1) is 0 Å². The second-order valence-electron chi connectivity index (χ2n) is 6.96. The highest BCUT2D eigenvalue weighted by Gasteiger charge is 2.26. The topological polar surface area (TPSA) is 58.8 Å². The third-order valence-corrected chi connectivity index (χ3v) is 4.27. The Bertz CT molecular complexity index is 730. The number of amides is 1. The van der Waals surface area contributed by atoms with Crippen molar-refractivity contribution in [3.63, 3.8) is 0 Å². The summed E-state index contributed by atoms with van der Waals surface area (Å²) >= 11 is 3.43. The zero-order valence-electron chi connectivity index (χ0n) is 14.2. The van der Waals surface area contributed by atoms with E-state index in [1.807, 2.05) is 39.0 Å². The number of nitrogens with zero attached hydrogens (tertiary/aromatic N) is 3. The Morgan fingerprint density at radius 1 is 1.29 bits per heavy atom. The maximum Gasteiger partial charge on any atom is 0.410 e. The lowest BCUT2D eigenvalue weighted by atomic mass is 10.2. The second kappa shape index (κ2) is 6.72. The lowest BCUT2D eigenvalue weighted by Gasteiger charge is -2.35. The average Bonchev–Trinajstić information content (AvgIpc) is 2.87. The smallest absolute Gasteiger partial charge is 0.410 e. The van der Waals surface area contributed by atoms with Crippen LogP contribution in [-0.4, -0.2) is 52.7 Å². The highest BCUT2D eigenvalue weighted by Crippen LogP contribution is 2.21. The number of oxazole rings is 1. The van der Waals surface area contributed by atoms with Gasteiger partial charge in [-0.15, -0.1) is 0 Å². The fraction of sp³-hybridized carbons (Fsp3) is 0.529. The Morgan fingerprint density at radius 2 is 2.00 bits per heavy atom. The molecule has 1 amide bonds. The zero-order chi connectivity index (χ0) is 17.3. The third kappa shape index (κ3) is 4.27. The van der Waals surface area contributed by atoms with Crippen LogP contribution in [0.4, 0.5) is 4.79 Å². The van der Waals surface area contributed by atoms with Gasteiger partial charge in [0.2, 0.25) is 5.89 Å². The van der Waals surface area contributed by atoms with Crippen molar-refractivity contribution in [1.29, 1.82) is 0 Å². The van der Waals surface area contributed by atoms with E-state index in [0.717, 1.165) is 28.7 Å². The normalized spacial score (nSPS) is 16.6. The number of benzene rings is 1. The van der Waals surface area contributed by atoms with Gasteiger partial charge in [0.05, 0.1) is 6.54 Å². The minimum atomic E-state index is -0.458. The van der Waals surface area contributed by atoms with Crippen LogP contribution in [0.3, 0.4) is 0 Å². The van der Waals surface area contributed by atoms with Gasteiger partial charge in [0, 0.05) is 30.7 Å². The molecular formula is C17H22BrN3O3. The van der Waals surface area contributed by atoms with Crippen molar-refractivity contribution in [2.45, 2.75) is 32.9 Å². The molecule has 1 aromatic heterocycles. The summed E-state index contributed by atoms with van der Waals surface area (Å²) in [7, 11) is 0. The summed E-state index contributed by atoms with van der Waals surface area (Å²) < 4.78 is 12.2. The molecule has 0 spiro atoms. The summed E-state index contributed by atoms with van der Waals surface area (Å²) in [4.78, 5) is 20.6. The first-order chi connectivity index (χ1) is 11.3. The Balaban J connectivity index is 1.55. The predicted molar refractivity (Wildman–Crippen MR) is 94.8 cm³/mol. The largest absolute Gasteiger partial charge is 0.444 e. The minimum Gasteiger partial charge on any atom is -0.444 e. The van der Waals surface area contributed by atoms with E-state index in [-0.39, 0.29) is 6.09 Å². The first kappa shape index (κ1) is 17.2. The fourth-order valence-electron chi connectivity index (χ4n) is 2.62. The molecule has 1 aliphatic heterocycles. The van der Waals surface area contributed by atoms with Crippen molar-refractivity contribution in [2.75, 3.05) is 26.2 Å². The molecule has 0 radical (unpaired) electrons. The number of piperazine rings is 1. The van der Waals surface area contributed by atoms with Crippen LogP contribution >= 0.6 is 15.9 Å². The number of carbonyl (C=O) groups is 1. The molecule has 7 heteroatoms. The average molecular weight is 396 g/mol. The molecule has 0 aliphatic carbocycles. The van der Waals surface area contributed by atoms with Gasteiger partial charge in [0.25, 0.3) is 0 Å². The first-order valence-electron chi connectivity index (χ1n) is 8.05. The van der Waals surface area contributed by atoms with Crippen molar-refractivity contribution in [3.8, 4) is 0 Å². The van der Waals surface area contributed by atoms with Gasteiger partial charge in [-0.05, 0) is 39.0 Å². The molecule has 1 saturated heterocycles. The van der Waals surface area contributed by atoms with Gasteiger partial charge in [0.15, 0.2) is 5.58 Å².